The van der Waals surface area contributed by atoms with E-state index in [0.29, 0.717) is 37.5 Å². The Bertz CT molecular complexity index is 582. The van der Waals surface area contributed by atoms with Crippen LogP contribution < -0.4 is 4.74 Å². The Morgan fingerprint density at radius 2 is 1.96 bits per heavy atom. The molecule has 0 radical (unpaired) electrons. The Balaban J connectivity index is 1.98. The highest BCUT2D eigenvalue weighted by Crippen LogP contribution is 2.30. The Kier molecular flexibility index (Phi) is 5.86. The van der Waals surface area contributed by atoms with Crippen molar-refractivity contribution in [2.45, 2.75) is 40.0 Å². The molecule has 1 atom stereocenters. The van der Waals surface area contributed by atoms with Crippen LogP contribution >= 0.6 is 0 Å². The molecule has 1 N–H and O–H groups in total. The minimum atomic E-state index is -0.853. The Labute approximate surface area is 143 Å². The van der Waals surface area contributed by atoms with Gasteiger partial charge in [0.25, 0.3) is 5.91 Å². The van der Waals surface area contributed by atoms with Crippen molar-refractivity contribution in [2.24, 2.45) is 11.3 Å². The van der Waals surface area contributed by atoms with E-state index in [1.807, 2.05) is 0 Å². The van der Waals surface area contributed by atoms with Gasteiger partial charge in [-0.05, 0) is 56.4 Å². The van der Waals surface area contributed by atoms with Gasteiger partial charge in [-0.1, -0.05) is 13.8 Å². The normalized spacial score (nSPS) is 20.9. The summed E-state index contributed by atoms with van der Waals surface area (Å²) in [6.45, 7) is 7.53. The number of rotatable bonds is 6. The molecular formula is C19H27NO4. The molecule has 1 fully saturated rings. The number of hydrogen-bond donors (Lipinski definition) is 1. The van der Waals surface area contributed by atoms with Gasteiger partial charge < -0.3 is 14.7 Å². The van der Waals surface area contributed by atoms with Gasteiger partial charge in [0.15, 0.2) is 0 Å². The van der Waals surface area contributed by atoms with Crippen LogP contribution in [-0.2, 0) is 4.79 Å². The zero-order valence-electron chi connectivity index (χ0n) is 14.7. The monoisotopic (exact) mass is 333 g/mol. The van der Waals surface area contributed by atoms with E-state index in [1.165, 1.54) is 0 Å². The highest BCUT2D eigenvalue weighted by atomic mass is 16.5. The first-order chi connectivity index (χ1) is 11.3. The number of carbonyl (C=O) groups excluding carboxylic acids is 1. The molecule has 2 rings (SSSR count). The number of carboxylic acid groups (broad SMARTS) is 1. The number of piperidine rings is 1. The van der Waals surface area contributed by atoms with Crippen LogP contribution in [0.25, 0.3) is 0 Å². The standard InChI is InChI=1S/C19H27NO4/c1-14(2)9-12-24-16-7-5-15(6-8-16)17(21)20-11-4-10-19(3,13-20)18(22)23/h5-8,14H,4,9-13H2,1-3H3,(H,22,23). The molecule has 1 aromatic carbocycles. The average molecular weight is 333 g/mol. The molecule has 5 nitrogen and oxygen atoms in total. The van der Waals surface area contributed by atoms with E-state index in [4.69, 9.17) is 4.74 Å². The van der Waals surface area contributed by atoms with Crippen molar-refractivity contribution in [2.75, 3.05) is 19.7 Å². The molecule has 0 aliphatic carbocycles. The first kappa shape index (κ1) is 18.3. The number of nitrogens with zero attached hydrogens (tertiary/aromatic N) is 1. The zero-order chi connectivity index (χ0) is 17.7. The van der Waals surface area contributed by atoms with Gasteiger partial charge >= 0.3 is 5.97 Å². The van der Waals surface area contributed by atoms with Gasteiger partial charge in [0, 0.05) is 18.7 Å². The lowest BCUT2D eigenvalue weighted by Crippen LogP contribution is -2.48. The Morgan fingerprint density at radius 1 is 1.29 bits per heavy atom. The fraction of sp³-hybridized carbons (Fsp3) is 0.579. The van der Waals surface area contributed by atoms with Crippen LogP contribution in [0.1, 0.15) is 50.4 Å². The van der Waals surface area contributed by atoms with Gasteiger partial charge in [-0.25, -0.2) is 0 Å². The van der Waals surface area contributed by atoms with Gasteiger partial charge in [-0.15, -0.1) is 0 Å². The Morgan fingerprint density at radius 3 is 2.54 bits per heavy atom. The lowest BCUT2D eigenvalue weighted by Gasteiger charge is -2.37. The van der Waals surface area contributed by atoms with Crippen molar-refractivity contribution in [1.29, 1.82) is 0 Å². The second-order valence-electron chi connectivity index (χ2n) is 7.25. The highest BCUT2D eigenvalue weighted by molar-refractivity contribution is 5.94. The number of carboxylic acids is 1. The molecular weight excluding hydrogens is 306 g/mol. The molecule has 1 heterocycles. The number of likely N-dealkylation sites (tertiary alicyclic amines) is 1. The largest absolute Gasteiger partial charge is 0.494 e. The van der Waals surface area contributed by atoms with Gasteiger partial charge in [0.05, 0.1) is 12.0 Å². The molecule has 1 aliphatic rings. The molecule has 1 saturated heterocycles. The highest BCUT2D eigenvalue weighted by Gasteiger charge is 2.39. The number of amides is 1. The fourth-order valence-corrected chi connectivity index (χ4v) is 2.88. The maximum Gasteiger partial charge on any atom is 0.311 e. The quantitative estimate of drug-likeness (QED) is 0.866. The summed E-state index contributed by atoms with van der Waals surface area (Å²) in [5, 5.41) is 9.37. The molecule has 24 heavy (non-hydrogen) atoms. The number of hydrogen-bond acceptors (Lipinski definition) is 3. The first-order valence-corrected chi connectivity index (χ1v) is 8.57. The molecule has 5 heteroatoms. The van der Waals surface area contributed by atoms with E-state index in [9.17, 15) is 14.7 Å². The third kappa shape index (κ3) is 4.49. The van der Waals surface area contributed by atoms with E-state index >= 15 is 0 Å². The van der Waals surface area contributed by atoms with Crippen molar-refractivity contribution in [3.05, 3.63) is 29.8 Å². The summed E-state index contributed by atoms with van der Waals surface area (Å²) in [5.74, 6) is 0.388. The molecule has 1 aliphatic heterocycles. The van der Waals surface area contributed by atoms with Crippen LogP contribution in [0.15, 0.2) is 24.3 Å². The van der Waals surface area contributed by atoms with E-state index in [0.717, 1.165) is 12.2 Å². The molecule has 132 valence electrons. The summed E-state index contributed by atoms with van der Waals surface area (Å²) in [6.07, 6.45) is 2.31. The van der Waals surface area contributed by atoms with Crippen molar-refractivity contribution in [1.82, 2.24) is 4.90 Å². The van der Waals surface area contributed by atoms with Crippen molar-refractivity contribution < 1.29 is 19.4 Å². The zero-order valence-corrected chi connectivity index (χ0v) is 14.7. The van der Waals surface area contributed by atoms with E-state index in [-0.39, 0.29) is 12.5 Å². The second kappa shape index (κ2) is 7.69. The van der Waals surface area contributed by atoms with E-state index in [1.54, 1.807) is 36.1 Å². The topological polar surface area (TPSA) is 66.8 Å². The van der Waals surface area contributed by atoms with Crippen LogP contribution in [0.2, 0.25) is 0 Å². The summed E-state index contributed by atoms with van der Waals surface area (Å²) in [4.78, 5) is 25.7. The predicted molar refractivity (Wildman–Crippen MR) is 92.3 cm³/mol. The maximum absolute atomic E-state index is 12.6. The van der Waals surface area contributed by atoms with Crippen molar-refractivity contribution in [3.63, 3.8) is 0 Å². The lowest BCUT2D eigenvalue weighted by atomic mass is 9.82. The molecule has 0 saturated carbocycles. The average Bonchev–Trinajstić information content (AvgIpc) is 2.54. The first-order valence-electron chi connectivity index (χ1n) is 8.57. The van der Waals surface area contributed by atoms with Gasteiger partial charge in [0.1, 0.15) is 5.75 Å². The molecule has 0 aromatic heterocycles. The number of carbonyl (C=O) groups is 2. The lowest BCUT2D eigenvalue weighted by molar-refractivity contribution is -0.150. The van der Waals surface area contributed by atoms with E-state index in [2.05, 4.69) is 13.8 Å². The number of aliphatic carboxylic acids is 1. The van der Waals surface area contributed by atoms with Crippen LogP contribution in [0.5, 0.6) is 5.75 Å². The fourth-order valence-electron chi connectivity index (χ4n) is 2.88. The Hall–Kier alpha value is -2.04. The minimum Gasteiger partial charge on any atom is -0.494 e. The minimum absolute atomic E-state index is 0.115. The van der Waals surface area contributed by atoms with Gasteiger partial charge in [-0.3, -0.25) is 9.59 Å². The van der Waals surface area contributed by atoms with Crippen LogP contribution in [0, 0.1) is 11.3 Å². The molecule has 1 aromatic rings. The smallest absolute Gasteiger partial charge is 0.311 e. The van der Waals surface area contributed by atoms with Crippen LogP contribution in [0.4, 0.5) is 0 Å². The SMILES string of the molecule is CC(C)CCOc1ccc(C(=O)N2CCCC(C)(C(=O)O)C2)cc1. The molecule has 0 bridgehead atoms. The van der Waals surface area contributed by atoms with Crippen LogP contribution in [0.3, 0.4) is 0 Å². The maximum atomic E-state index is 12.6. The van der Waals surface area contributed by atoms with Gasteiger partial charge in [0.2, 0.25) is 0 Å². The van der Waals surface area contributed by atoms with Gasteiger partial charge in [-0.2, -0.15) is 0 Å². The van der Waals surface area contributed by atoms with Crippen LogP contribution in [-0.4, -0.2) is 41.6 Å². The third-order valence-corrected chi connectivity index (χ3v) is 4.57. The second-order valence-corrected chi connectivity index (χ2v) is 7.25. The molecule has 1 amide bonds. The summed E-state index contributed by atoms with van der Waals surface area (Å²) in [6, 6.07) is 7.10. The van der Waals surface area contributed by atoms with Crippen molar-refractivity contribution in [3.8, 4) is 5.75 Å². The summed E-state index contributed by atoms with van der Waals surface area (Å²) < 4.78 is 5.66. The number of ether oxygens (including phenoxy) is 1. The van der Waals surface area contributed by atoms with E-state index < -0.39 is 11.4 Å². The molecule has 1 unspecified atom stereocenters. The van der Waals surface area contributed by atoms with Crippen molar-refractivity contribution >= 4 is 11.9 Å². The summed E-state index contributed by atoms with van der Waals surface area (Å²) in [7, 11) is 0. The predicted octanol–water partition coefficient (Wildman–Crippen LogP) is 3.44. The number of benzene rings is 1. The summed E-state index contributed by atoms with van der Waals surface area (Å²) >= 11 is 0. The third-order valence-electron chi connectivity index (χ3n) is 4.57. The summed E-state index contributed by atoms with van der Waals surface area (Å²) in [5.41, 5.74) is -0.283. The molecule has 0 spiro atoms.